The van der Waals surface area contributed by atoms with Crippen molar-refractivity contribution in [3.05, 3.63) is 54.6 Å². The molecule has 1 heterocycles. The van der Waals surface area contributed by atoms with E-state index in [0.29, 0.717) is 5.75 Å². The van der Waals surface area contributed by atoms with Crippen LogP contribution in [0.15, 0.2) is 54.6 Å². The van der Waals surface area contributed by atoms with Crippen molar-refractivity contribution in [1.82, 2.24) is 0 Å². The number of para-hydroxylation sites is 1. The normalized spacial score (nSPS) is 15.6. The zero-order chi connectivity index (χ0) is 16.8. The van der Waals surface area contributed by atoms with Crippen molar-refractivity contribution in [2.24, 2.45) is 0 Å². The monoisotopic (exact) mass is 324 g/mol. The average molecular weight is 324 g/mol. The molecule has 4 nitrogen and oxygen atoms in total. The zero-order valence-electron chi connectivity index (χ0n) is 14.1. The van der Waals surface area contributed by atoms with Gasteiger partial charge in [-0.2, -0.15) is 0 Å². The summed E-state index contributed by atoms with van der Waals surface area (Å²) in [6.07, 6.45) is 3.29. The quantitative estimate of drug-likeness (QED) is 0.901. The first-order chi connectivity index (χ1) is 11.7. The Hall–Kier alpha value is -2.49. The Bertz CT molecular complexity index is 649. The highest BCUT2D eigenvalue weighted by atomic mass is 16.5. The van der Waals surface area contributed by atoms with E-state index in [1.807, 2.05) is 42.5 Å². The number of anilines is 2. The smallest absolute Gasteiger partial charge is 0.265 e. The number of benzene rings is 2. The van der Waals surface area contributed by atoms with E-state index in [0.717, 1.165) is 18.8 Å². The van der Waals surface area contributed by atoms with Crippen molar-refractivity contribution in [3.8, 4) is 5.75 Å². The van der Waals surface area contributed by atoms with E-state index in [4.69, 9.17) is 4.74 Å². The molecule has 4 heteroatoms. The molecule has 126 valence electrons. The molecule has 1 fully saturated rings. The molecule has 1 amide bonds. The fourth-order valence-electron chi connectivity index (χ4n) is 2.91. The van der Waals surface area contributed by atoms with Crippen LogP contribution >= 0.6 is 0 Å². The number of hydrogen-bond donors (Lipinski definition) is 1. The van der Waals surface area contributed by atoms with Crippen molar-refractivity contribution in [2.75, 3.05) is 23.3 Å². The van der Waals surface area contributed by atoms with E-state index in [2.05, 4.69) is 22.3 Å². The van der Waals surface area contributed by atoms with Gasteiger partial charge < -0.3 is 15.0 Å². The average Bonchev–Trinajstić information content (AvgIpc) is 2.64. The van der Waals surface area contributed by atoms with Crippen LogP contribution in [0.2, 0.25) is 0 Å². The maximum atomic E-state index is 12.3. The number of nitrogens with one attached hydrogen (secondary N) is 1. The number of rotatable bonds is 5. The summed E-state index contributed by atoms with van der Waals surface area (Å²) in [6, 6.07) is 17.4. The van der Waals surface area contributed by atoms with Crippen LogP contribution in [-0.2, 0) is 4.79 Å². The summed E-state index contributed by atoms with van der Waals surface area (Å²) >= 11 is 0. The topological polar surface area (TPSA) is 41.6 Å². The summed E-state index contributed by atoms with van der Waals surface area (Å²) in [7, 11) is 0. The second kappa shape index (κ2) is 7.86. The van der Waals surface area contributed by atoms with Gasteiger partial charge in [0.2, 0.25) is 0 Å². The van der Waals surface area contributed by atoms with Gasteiger partial charge in [-0.05, 0) is 62.6 Å². The fourth-order valence-corrected chi connectivity index (χ4v) is 2.91. The number of hydrogen-bond acceptors (Lipinski definition) is 3. The lowest BCUT2D eigenvalue weighted by atomic mass is 10.1. The van der Waals surface area contributed by atoms with Gasteiger partial charge in [-0.1, -0.05) is 18.2 Å². The molecular weight excluding hydrogens is 300 g/mol. The summed E-state index contributed by atoms with van der Waals surface area (Å²) in [5.41, 5.74) is 2.02. The van der Waals surface area contributed by atoms with Gasteiger partial charge in [0, 0.05) is 24.5 Å². The maximum absolute atomic E-state index is 12.3. The maximum Gasteiger partial charge on any atom is 0.265 e. The molecule has 2 aromatic carbocycles. The van der Waals surface area contributed by atoms with Crippen LogP contribution in [0.1, 0.15) is 26.2 Å². The van der Waals surface area contributed by atoms with Gasteiger partial charge in [0.25, 0.3) is 5.91 Å². The van der Waals surface area contributed by atoms with Crippen molar-refractivity contribution < 1.29 is 9.53 Å². The lowest BCUT2D eigenvalue weighted by molar-refractivity contribution is -0.122. The molecule has 1 atom stereocenters. The van der Waals surface area contributed by atoms with Gasteiger partial charge >= 0.3 is 0 Å². The summed E-state index contributed by atoms with van der Waals surface area (Å²) in [4.78, 5) is 14.7. The van der Waals surface area contributed by atoms with Gasteiger partial charge in [-0.3, -0.25) is 4.79 Å². The molecule has 0 saturated carbocycles. The Morgan fingerprint density at radius 3 is 2.33 bits per heavy atom. The van der Waals surface area contributed by atoms with Gasteiger partial charge in [0.15, 0.2) is 6.10 Å². The van der Waals surface area contributed by atoms with Crippen LogP contribution in [0.5, 0.6) is 5.75 Å². The largest absolute Gasteiger partial charge is 0.481 e. The molecular formula is C20H24N2O2. The summed E-state index contributed by atoms with van der Waals surface area (Å²) in [6.45, 7) is 3.99. The number of carbonyl (C=O) groups is 1. The van der Waals surface area contributed by atoms with Crippen LogP contribution in [0.25, 0.3) is 0 Å². The summed E-state index contributed by atoms with van der Waals surface area (Å²) in [5.74, 6) is 0.546. The fraction of sp³-hybridized carbons (Fsp3) is 0.350. The summed E-state index contributed by atoms with van der Waals surface area (Å²) < 4.78 is 5.65. The van der Waals surface area contributed by atoms with Crippen LogP contribution in [-0.4, -0.2) is 25.1 Å². The molecule has 0 aliphatic carbocycles. The molecule has 1 saturated heterocycles. The van der Waals surface area contributed by atoms with Crippen LogP contribution in [0.3, 0.4) is 0 Å². The number of carbonyl (C=O) groups excluding carboxylic acids is 1. The standard InChI is InChI=1S/C20H24N2O2/c1-16(24-19-8-4-2-5-9-19)20(23)21-17-10-12-18(13-11-17)22-14-6-3-7-15-22/h2,4-5,8-13,16H,3,6-7,14-15H2,1H3,(H,21,23). The molecule has 0 aromatic heterocycles. The second-order valence-electron chi connectivity index (χ2n) is 6.16. The van der Waals surface area contributed by atoms with Gasteiger partial charge in [0.1, 0.15) is 5.75 Å². The van der Waals surface area contributed by atoms with Crippen LogP contribution < -0.4 is 15.0 Å². The minimum Gasteiger partial charge on any atom is -0.481 e. The van der Waals surface area contributed by atoms with E-state index in [-0.39, 0.29) is 5.91 Å². The first-order valence-electron chi connectivity index (χ1n) is 8.60. The Morgan fingerprint density at radius 2 is 1.67 bits per heavy atom. The molecule has 1 unspecified atom stereocenters. The highest BCUT2D eigenvalue weighted by Crippen LogP contribution is 2.22. The SMILES string of the molecule is CC(Oc1ccccc1)C(=O)Nc1ccc(N2CCCCC2)cc1. The van der Waals surface area contributed by atoms with Crippen molar-refractivity contribution in [3.63, 3.8) is 0 Å². The number of amides is 1. The Kier molecular flexibility index (Phi) is 5.36. The highest BCUT2D eigenvalue weighted by molar-refractivity contribution is 5.94. The van der Waals surface area contributed by atoms with Crippen molar-refractivity contribution in [1.29, 1.82) is 0 Å². The first kappa shape index (κ1) is 16.4. The molecule has 0 spiro atoms. The van der Waals surface area contributed by atoms with Gasteiger partial charge in [0.05, 0.1) is 0 Å². The van der Waals surface area contributed by atoms with E-state index >= 15 is 0 Å². The predicted molar refractivity (Wildman–Crippen MR) is 97.7 cm³/mol. The van der Waals surface area contributed by atoms with Gasteiger partial charge in [-0.25, -0.2) is 0 Å². The number of nitrogens with zero attached hydrogens (tertiary/aromatic N) is 1. The van der Waals surface area contributed by atoms with Crippen molar-refractivity contribution in [2.45, 2.75) is 32.3 Å². The van der Waals surface area contributed by atoms with Crippen LogP contribution in [0.4, 0.5) is 11.4 Å². The predicted octanol–water partition coefficient (Wildman–Crippen LogP) is 4.08. The number of ether oxygens (including phenoxy) is 1. The van der Waals surface area contributed by atoms with E-state index in [1.165, 1.54) is 24.9 Å². The van der Waals surface area contributed by atoms with Crippen molar-refractivity contribution >= 4 is 17.3 Å². The second-order valence-corrected chi connectivity index (χ2v) is 6.16. The molecule has 24 heavy (non-hydrogen) atoms. The first-order valence-corrected chi connectivity index (χ1v) is 8.60. The van der Waals surface area contributed by atoms with E-state index in [9.17, 15) is 4.79 Å². The molecule has 0 bridgehead atoms. The lowest BCUT2D eigenvalue weighted by Gasteiger charge is -2.28. The van der Waals surface area contributed by atoms with Gasteiger partial charge in [-0.15, -0.1) is 0 Å². The minimum atomic E-state index is -0.547. The molecule has 3 rings (SSSR count). The third-order valence-electron chi connectivity index (χ3n) is 4.28. The molecule has 1 aliphatic rings. The van der Waals surface area contributed by atoms with Crippen LogP contribution in [0, 0.1) is 0 Å². The lowest BCUT2D eigenvalue weighted by Crippen LogP contribution is -2.30. The molecule has 1 aliphatic heterocycles. The van der Waals surface area contributed by atoms with E-state index in [1.54, 1.807) is 6.92 Å². The highest BCUT2D eigenvalue weighted by Gasteiger charge is 2.15. The minimum absolute atomic E-state index is 0.149. The third kappa shape index (κ3) is 4.28. The molecule has 0 radical (unpaired) electrons. The summed E-state index contributed by atoms with van der Waals surface area (Å²) in [5, 5.41) is 2.91. The Labute approximate surface area is 143 Å². The number of piperidine rings is 1. The van der Waals surface area contributed by atoms with E-state index < -0.39 is 6.10 Å². The Balaban J connectivity index is 1.55. The molecule has 1 N–H and O–H groups in total. The zero-order valence-corrected chi connectivity index (χ0v) is 14.1. The molecule has 2 aromatic rings. The Morgan fingerprint density at radius 1 is 1.00 bits per heavy atom. The third-order valence-corrected chi connectivity index (χ3v) is 4.28.